The summed E-state index contributed by atoms with van der Waals surface area (Å²) in [6.45, 7) is -0.0331. The maximum absolute atomic E-state index is 12.8. The molecule has 1 atom stereocenters. The number of carbonyl (C=O) groups excluding carboxylic acids is 2. The summed E-state index contributed by atoms with van der Waals surface area (Å²) in [6, 6.07) is 17.1. The van der Waals surface area contributed by atoms with Crippen LogP contribution >= 0.6 is 11.6 Å². The molecule has 0 saturated heterocycles. The molecule has 0 aliphatic carbocycles. The number of fused-ring (bicyclic) bond motifs is 1. The van der Waals surface area contributed by atoms with E-state index in [4.69, 9.17) is 16.3 Å². The van der Waals surface area contributed by atoms with Crippen molar-refractivity contribution >= 4 is 39.4 Å². The van der Waals surface area contributed by atoms with Gasteiger partial charge >= 0.3 is 5.97 Å². The minimum Gasteiger partial charge on any atom is -0.480 e. The van der Waals surface area contributed by atoms with Gasteiger partial charge in [-0.15, -0.1) is 0 Å². The molecule has 1 heterocycles. The first-order valence-electron chi connectivity index (χ1n) is 10.9. The van der Waals surface area contributed by atoms with Crippen molar-refractivity contribution in [1.82, 2.24) is 9.62 Å². The number of imide groups is 1. The first kappa shape index (κ1) is 25.4. The van der Waals surface area contributed by atoms with Gasteiger partial charge in [-0.25, -0.2) is 8.42 Å². The van der Waals surface area contributed by atoms with Gasteiger partial charge in [0.2, 0.25) is 10.0 Å². The minimum atomic E-state index is -4.17. The highest BCUT2D eigenvalue weighted by atomic mass is 35.5. The number of benzene rings is 3. The molecule has 0 saturated carbocycles. The van der Waals surface area contributed by atoms with Gasteiger partial charge in [0.25, 0.3) is 11.8 Å². The lowest BCUT2D eigenvalue weighted by Crippen LogP contribution is -2.41. The van der Waals surface area contributed by atoms with Crippen LogP contribution in [0.4, 0.5) is 0 Å². The first-order chi connectivity index (χ1) is 17.2. The molecule has 2 amide bonds. The molecule has 186 valence electrons. The van der Waals surface area contributed by atoms with Crippen LogP contribution in [-0.4, -0.2) is 48.8 Å². The summed E-state index contributed by atoms with van der Waals surface area (Å²) >= 11 is 5.84. The third-order valence-electron chi connectivity index (χ3n) is 5.53. The van der Waals surface area contributed by atoms with Crippen LogP contribution in [0.2, 0.25) is 5.02 Å². The zero-order valence-electron chi connectivity index (χ0n) is 18.8. The third kappa shape index (κ3) is 5.56. The van der Waals surface area contributed by atoms with Gasteiger partial charge in [-0.2, -0.15) is 4.72 Å². The lowest BCUT2D eigenvalue weighted by Gasteiger charge is -2.17. The van der Waals surface area contributed by atoms with Gasteiger partial charge in [0, 0.05) is 11.6 Å². The number of hydrogen-bond acceptors (Lipinski definition) is 6. The Kier molecular flexibility index (Phi) is 7.39. The molecule has 4 rings (SSSR count). The van der Waals surface area contributed by atoms with Crippen LogP contribution in [-0.2, 0) is 14.8 Å². The van der Waals surface area contributed by atoms with Crippen molar-refractivity contribution in [2.24, 2.45) is 0 Å². The van der Waals surface area contributed by atoms with Crippen LogP contribution in [0.5, 0.6) is 11.5 Å². The predicted molar refractivity (Wildman–Crippen MR) is 131 cm³/mol. The number of hydrogen-bond donors (Lipinski definition) is 2. The number of amides is 2. The smallest absolute Gasteiger partial charge is 0.321 e. The van der Waals surface area contributed by atoms with E-state index in [-0.39, 0.29) is 24.3 Å². The number of nitrogens with one attached hydrogen (secondary N) is 1. The van der Waals surface area contributed by atoms with Crippen LogP contribution in [0.1, 0.15) is 33.6 Å². The maximum atomic E-state index is 12.8. The van der Waals surface area contributed by atoms with Crippen LogP contribution in [0.15, 0.2) is 77.7 Å². The van der Waals surface area contributed by atoms with Gasteiger partial charge in [-0.05, 0) is 73.5 Å². The number of ether oxygens (including phenoxy) is 1. The molecule has 0 unspecified atom stereocenters. The molecule has 0 aromatic heterocycles. The highest BCUT2D eigenvalue weighted by Crippen LogP contribution is 2.25. The number of nitrogens with zero attached hydrogens (tertiary/aromatic N) is 1. The Morgan fingerprint density at radius 3 is 1.97 bits per heavy atom. The number of carbonyl (C=O) groups is 3. The van der Waals surface area contributed by atoms with E-state index in [1.165, 1.54) is 24.3 Å². The average molecular weight is 529 g/mol. The highest BCUT2D eigenvalue weighted by Gasteiger charge is 2.35. The standard InChI is InChI=1S/C25H21ClN2O7S/c26-16-7-9-17(10-8-16)35-18-11-13-19(14-12-18)36(33,34)27-22(25(31)32)6-3-15-28-23(29)20-4-1-2-5-21(20)24(28)30/h1-2,4-5,7-14,22,27H,3,6,15H2,(H,31,32)/t22-/m0/s1. The van der Waals surface area contributed by atoms with Crippen LogP contribution in [0.3, 0.4) is 0 Å². The van der Waals surface area contributed by atoms with Crippen molar-refractivity contribution < 1.29 is 32.6 Å². The second-order valence-electron chi connectivity index (χ2n) is 7.99. The van der Waals surface area contributed by atoms with E-state index in [0.717, 1.165) is 4.90 Å². The van der Waals surface area contributed by atoms with Crippen molar-refractivity contribution in [2.45, 2.75) is 23.8 Å². The zero-order valence-corrected chi connectivity index (χ0v) is 20.3. The molecule has 0 radical (unpaired) electrons. The molecule has 1 aliphatic heterocycles. The summed E-state index contributed by atoms with van der Waals surface area (Å²) in [5.41, 5.74) is 0.586. The number of carboxylic acids is 1. The number of rotatable bonds is 10. The lowest BCUT2D eigenvalue weighted by molar-refractivity contribution is -0.139. The second-order valence-corrected chi connectivity index (χ2v) is 10.1. The van der Waals surface area contributed by atoms with E-state index < -0.39 is 33.8 Å². The van der Waals surface area contributed by atoms with E-state index in [9.17, 15) is 27.9 Å². The lowest BCUT2D eigenvalue weighted by atomic mass is 10.1. The normalized spacial score (nSPS) is 14.0. The van der Waals surface area contributed by atoms with Gasteiger partial charge in [-0.3, -0.25) is 19.3 Å². The van der Waals surface area contributed by atoms with E-state index in [0.29, 0.717) is 27.6 Å². The van der Waals surface area contributed by atoms with Crippen molar-refractivity contribution in [3.8, 4) is 11.5 Å². The summed E-state index contributed by atoms with van der Waals surface area (Å²) < 4.78 is 33.4. The van der Waals surface area contributed by atoms with Gasteiger partial charge in [0.15, 0.2) is 0 Å². The van der Waals surface area contributed by atoms with Gasteiger partial charge < -0.3 is 9.84 Å². The minimum absolute atomic E-state index is 0.0331. The Balaban J connectivity index is 1.36. The average Bonchev–Trinajstić information content (AvgIpc) is 3.10. The summed E-state index contributed by atoms with van der Waals surface area (Å²) in [6.07, 6.45) is -0.0292. The van der Waals surface area contributed by atoms with Crippen LogP contribution in [0.25, 0.3) is 0 Å². The predicted octanol–water partition coefficient (Wildman–Crippen LogP) is 3.94. The third-order valence-corrected chi connectivity index (χ3v) is 7.27. The molecule has 1 aliphatic rings. The van der Waals surface area contributed by atoms with Gasteiger partial charge in [-0.1, -0.05) is 23.7 Å². The topological polar surface area (TPSA) is 130 Å². The van der Waals surface area contributed by atoms with Crippen molar-refractivity contribution in [3.05, 3.63) is 88.9 Å². The molecular weight excluding hydrogens is 508 g/mol. The zero-order chi connectivity index (χ0) is 25.9. The fourth-order valence-corrected chi connectivity index (χ4v) is 5.06. The summed E-state index contributed by atoms with van der Waals surface area (Å²) in [5.74, 6) is -1.39. The molecule has 2 N–H and O–H groups in total. The number of aliphatic carboxylic acids is 1. The Morgan fingerprint density at radius 2 is 1.44 bits per heavy atom. The molecule has 9 nitrogen and oxygen atoms in total. The van der Waals surface area contributed by atoms with Crippen molar-refractivity contribution in [3.63, 3.8) is 0 Å². The fraction of sp³-hybridized carbons (Fsp3) is 0.160. The largest absolute Gasteiger partial charge is 0.480 e. The number of carboxylic acid groups (broad SMARTS) is 1. The van der Waals surface area contributed by atoms with E-state index in [2.05, 4.69) is 4.72 Å². The Labute approximate surface area is 212 Å². The second kappa shape index (κ2) is 10.5. The van der Waals surface area contributed by atoms with E-state index in [1.54, 1.807) is 48.5 Å². The number of sulfonamides is 1. The van der Waals surface area contributed by atoms with Crippen molar-refractivity contribution in [1.29, 1.82) is 0 Å². The fourth-order valence-electron chi connectivity index (χ4n) is 3.71. The monoisotopic (exact) mass is 528 g/mol. The summed E-state index contributed by atoms with van der Waals surface area (Å²) in [5, 5.41) is 10.1. The molecule has 11 heteroatoms. The maximum Gasteiger partial charge on any atom is 0.321 e. The highest BCUT2D eigenvalue weighted by molar-refractivity contribution is 7.89. The molecular formula is C25H21ClN2O7S. The SMILES string of the molecule is O=C(O)[C@H](CCCN1C(=O)c2ccccc2C1=O)NS(=O)(=O)c1ccc(Oc2ccc(Cl)cc2)cc1. The summed E-state index contributed by atoms with van der Waals surface area (Å²) in [7, 11) is -4.17. The Bertz CT molecular complexity index is 1370. The van der Waals surface area contributed by atoms with E-state index in [1.807, 2.05) is 0 Å². The van der Waals surface area contributed by atoms with Crippen LogP contribution in [0, 0.1) is 0 Å². The van der Waals surface area contributed by atoms with Gasteiger partial charge in [0.05, 0.1) is 16.0 Å². The molecule has 0 fully saturated rings. The van der Waals surface area contributed by atoms with E-state index >= 15 is 0 Å². The van der Waals surface area contributed by atoms with Gasteiger partial charge in [0.1, 0.15) is 17.5 Å². The molecule has 0 spiro atoms. The van der Waals surface area contributed by atoms with Crippen molar-refractivity contribution in [2.75, 3.05) is 6.54 Å². The summed E-state index contributed by atoms with van der Waals surface area (Å²) in [4.78, 5) is 37.5. The Morgan fingerprint density at radius 1 is 0.917 bits per heavy atom. The quantitative estimate of drug-likeness (QED) is 0.381. The molecule has 36 heavy (non-hydrogen) atoms. The Hall–Kier alpha value is -3.73. The van der Waals surface area contributed by atoms with Crippen LogP contribution < -0.4 is 9.46 Å². The number of halogens is 1. The molecule has 0 bridgehead atoms. The molecule has 3 aromatic carbocycles. The molecule has 3 aromatic rings. The first-order valence-corrected chi connectivity index (χ1v) is 12.8.